The molecule has 0 aliphatic rings. The Bertz CT molecular complexity index is 138. The van der Waals surface area contributed by atoms with Crippen molar-refractivity contribution in [3.8, 4) is 0 Å². The van der Waals surface area contributed by atoms with E-state index in [1.807, 2.05) is 0 Å². The maximum atomic E-state index is 11.4. The Kier molecular flexibility index (Phi) is 3.30. The summed E-state index contributed by atoms with van der Waals surface area (Å²) in [5.41, 5.74) is -4.46. The van der Waals surface area contributed by atoms with Crippen LogP contribution in [0.2, 0.25) is 0 Å². The van der Waals surface area contributed by atoms with Crippen LogP contribution in [0.4, 0.5) is 18.0 Å². The molecule has 0 aromatic heterocycles. The molecule has 10 heavy (non-hydrogen) atoms. The predicted molar refractivity (Wildman–Crippen MR) is 32.7 cm³/mol. The number of alkyl halides is 3. The van der Waals surface area contributed by atoms with Crippen LogP contribution in [0, 0.1) is 0 Å². The highest BCUT2D eigenvalue weighted by molar-refractivity contribution is 7.98. The highest BCUT2D eigenvalue weighted by Crippen LogP contribution is 2.32. The zero-order chi connectivity index (χ0) is 8.36. The number of carbonyl (C=O) groups is 1. The van der Waals surface area contributed by atoms with E-state index in [1.165, 1.54) is 0 Å². The molecule has 7 heteroatoms. The van der Waals surface area contributed by atoms with Gasteiger partial charge < -0.3 is 0 Å². The van der Waals surface area contributed by atoms with Crippen molar-refractivity contribution in [3.63, 3.8) is 0 Å². The van der Waals surface area contributed by atoms with E-state index in [0.717, 1.165) is 7.05 Å². The Morgan fingerprint density at radius 2 is 2.00 bits per heavy atom. The molecule has 0 radical (unpaired) electrons. The minimum absolute atomic E-state index is 0.293. The van der Waals surface area contributed by atoms with Gasteiger partial charge >= 0.3 is 10.9 Å². The van der Waals surface area contributed by atoms with Crippen molar-refractivity contribution in [3.05, 3.63) is 0 Å². The lowest BCUT2D eigenvalue weighted by atomic mass is 11.2. The van der Waals surface area contributed by atoms with Crippen molar-refractivity contribution in [2.24, 2.45) is 0 Å². The first-order valence-electron chi connectivity index (χ1n) is 2.02. The van der Waals surface area contributed by atoms with E-state index in [9.17, 15) is 18.0 Å². The first kappa shape index (κ1) is 9.90. The van der Waals surface area contributed by atoms with Crippen molar-refractivity contribution >= 4 is 28.9 Å². The molecule has 0 spiro atoms. The Labute approximate surface area is 64.4 Å². The SMILES string of the molecule is CN(SC(F)(F)F)C(=O)Cl. The van der Waals surface area contributed by atoms with Gasteiger partial charge in [0.05, 0.1) is 11.9 Å². The van der Waals surface area contributed by atoms with E-state index in [-0.39, 0.29) is 0 Å². The van der Waals surface area contributed by atoms with Gasteiger partial charge in [0.25, 0.3) is 0 Å². The molecule has 2 nitrogen and oxygen atoms in total. The fraction of sp³-hybridized carbons (Fsp3) is 0.667. The summed E-state index contributed by atoms with van der Waals surface area (Å²) in [6.07, 6.45) is 0. The second-order valence-corrected chi connectivity index (χ2v) is 2.80. The molecule has 60 valence electrons. The molecule has 0 aromatic carbocycles. The van der Waals surface area contributed by atoms with E-state index < -0.39 is 22.8 Å². The molecule has 1 amide bonds. The summed E-state index contributed by atoms with van der Waals surface area (Å²) in [6, 6.07) is 0. The van der Waals surface area contributed by atoms with Gasteiger partial charge in [-0.3, -0.25) is 9.10 Å². The van der Waals surface area contributed by atoms with Gasteiger partial charge in [-0.2, -0.15) is 13.2 Å². The predicted octanol–water partition coefficient (Wildman–Crippen LogP) is 2.45. The lowest BCUT2D eigenvalue weighted by molar-refractivity contribution is -0.0351. The normalized spacial score (nSPS) is 11.3. The van der Waals surface area contributed by atoms with Crippen LogP contribution >= 0.6 is 23.5 Å². The third-order valence-electron chi connectivity index (χ3n) is 0.488. The first-order chi connectivity index (χ1) is 4.33. The largest absolute Gasteiger partial charge is 0.461 e. The number of rotatable bonds is 1. The second kappa shape index (κ2) is 3.34. The van der Waals surface area contributed by atoms with Crippen molar-refractivity contribution in [2.45, 2.75) is 5.51 Å². The van der Waals surface area contributed by atoms with Crippen molar-refractivity contribution in [1.29, 1.82) is 0 Å². The van der Waals surface area contributed by atoms with E-state index in [2.05, 4.69) is 0 Å². The lowest BCUT2D eigenvalue weighted by Gasteiger charge is -2.12. The summed E-state index contributed by atoms with van der Waals surface area (Å²) in [5, 5.41) is -1.15. The maximum Gasteiger partial charge on any atom is 0.461 e. The molecule has 0 saturated carbocycles. The first-order valence-corrected chi connectivity index (χ1v) is 3.17. The molecular formula is C3H3ClF3NOS. The average molecular weight is 194 g/mol. The van der Waals surface area contributed by atoms with Gasteiger partial charge in [-0.05, 0) is 11.6 Å². The van der Waals surface area contributed by atoms with E-state index in [0.29, 0.717) is 4.31 Å². The summed E-state index contributed by atoms with van der Waals surface area (Å²) in [4.78, 5) is 9.99. The molecule has 0 heterocycles. The highest BCUT2D eigenvalue weighted by Gasteiger charge is 2.32. The van der Waals surface area contributed by atoms with Gasteiger partial charge in [0.15, 0.2) is 0 Å². The molecule has 0 aliphatic carbocycles. The molecular weight excluding hydrogens is 191 g/mol. The monoisotopic (exact) mass is 193 g/mol. The second-order valence-electron chi connectivity index (χ2n) is 1.29. The van der Waals surface area contributed by atoms with Crippen LogP contribution in [0.3, 0.4) is 0 Å². The molecule has 0 unspecified atom stereocenters. The van der Waals surface area contributed by atoms with Crippen molar-refractivity contribution in [2.75, 3.05) is 7.05 Å². The van der Waals surface area contributed by atoms with E-state index in [4.69, 9.17) is 11.6 Å². The maximum absolute atomic E-state index is 11.4. The Morgan fingerprint density at radius 3 is 2.10 bits per heavy atom. The quantitative estimate of drug-likeness (QED) is 0.362. The van der Waals surface area contributed by atoms with Gasteiger partial charge in [-0.15, -0.1) is 0 Å². The fourth-order valence-electron chi connectivity index (χ4n) is 0.191. The standard InChI is InChI=1S/C3H3ClF3NOS/c1-8(2(4)9)10-3(5,6)7/h1H3. The number of amides is 1. The molecule has 0 atom stereocenters. The zero-order valence-corrected chi connectivity index (χ0v) is 6.35. The van der Waals surface area contributed by atoms with E-state index >= 15 is 0 Å². The molecule has 0 fully saturated rings. The summed E-state index contributed by atoms with van der Waals surface area (Å²) in [6.45, 7) is 0. The molecule has 0 aromatic rings. The highest BCUT2D eigenvalue weighted by atomic mass is 35.5. The van der Waals surface area contributed by atoms with Crippen LogP contribution in [0.25, 0.3) is 0 Å². The number of nitrogens with zero attached hydrogens (tertiary/aromatic N) is 1. The fourth-order valence-corrected chi connectivity index (χ4v) is 0.677. The average Bonchev–Trinajstić information content (AvgIpc) is 1.60. The molecule has 0 rings (SSSR count). The summed E-state index contributed by atoms with van der Waals surface area (Å²) < 4.78 is 34.4. The van der Waals surface area contributed by atoms with Crippen molar-refractivity contribution < 1.29 is 18.0 Å². The topological polar surface area (TPSA) is 20.3 Å². The Morgan fingerprint density at radius 1 is 1.60 bits per heavy atom. The number of hydrogen-bond donors (Lipinski definition) is 0. The van der Waals surface area contributed by atoms with Crippen LogP contribution < -0.4 is 0 Å². The van der Waals surface area contributed by atoms with Crippen molar-refractivity contribution in [1.82, 2.24) is 4.31 Å². The van der Waals surface area contributed by atoms with Crippen LogP contribution in [0.1, 0.15) is 0 Å². The number of hydrogen-bond acceptors (Lipinski definition) is 2. The van der Waals surface area contributed by atoms with Gasteiger partial charge in [-0.25, -0.2) is 0 Å². The molecule has 0 bridgehead atoms. The van der Waals surface area contributed by atoms with Crippen LogP contribution in [0.15, 0.2) is 0 Å². The van der Waals surface area contributed by atoms with Crippen LogP contribution in [-0.4, -0.2) is 22.2 Å². The van der Waals surface area contributed by atoms with Crippen LogP contribution in [-0.2, 0) is 0 Å². The summed E-state index contributed by atoms with van der Waals surface area (Å²) >= 11 is 4.12. The van der Waals surface area contributed by atoms with Gasteiger partial charge in [0.1, 0.15) is 0 Å². The van der Waals surface area contributed by atoms with Crippen LogP contribution in [0.5, 0.6) is 0 Å². The number of carbonyl (C=O) groups excluding carboxylic acids is 1. The Balaban J connectivity index is 3.80. The third kappa shape index (κ3) is 4.75. The summed E-state index contributed by atoms with van der Waals surface area (Å²) in [7, 11) is 0.938. The minimum atomic E-state index is -4.46. The lowest BCUT2D eigenvalue weighted by Crippen LogP contribution is -2.18. The van der Waals surface area contributed by atoms with E-state index in [1.54, 1.807) is 0 Å². The molecule has 0 N–H and O–H groups in total. The molecule has 0 saturated heterocycles. The third-order valence-corrected chi connectivity index (χ3v) is 1.49. The zero-order valence-electron chi connectivity index (χ0n) is 4.78. The van der Waals surface area contributed by atoms with Gasteiger partial charge in [-0.1, -0.05) is 0 Å². The van der Waals surface area contributed by atoms with Gasteiger partial charge in [0.2, 0.25) is 0 Å². The summed E-state index contributed by atoms with van der Waals surface area (Å²) in [5.74, 6) is 0. The minimum Gasteiger partial charge on any atom is -0.269 e. The Hall–Kier alpha value is -0.100. The smallest absolute Gasteiger partial charge is 0.269 e. The molecule has 0 aliphatic heterocycles. The number of halogens is 4. The van der Waals surface area contributed by atoms with Gasteiger partial charge in [0, 0.05) is 7.05 Å².